The number of benzene rings is 4. The summed E-state index contributed by atoms with van der Waals surface area (Å²) in [4.78, 5) is 21.4. The van der Waals surface area contributed by atoms with Crippen LogP contribution in [0.1, 0.15) is 54.3 Å². The van der Waals surface area contributed by atoms with Gasteiger partial charge in [0.05, 0.1) is 0 Å². The number of halogens is 1. The van der Waals surface area contributed by atoms with Gasteiger partial charge in [0.15, 0.2) is 5.78 Å². The van der Waals surface area contributed by atoms with E-state index < -0.39 is 18.7 Å². The van der Waals surface area contributed by atoms with Gasteiger partial charge in [-0.1, -0.05) is 41.5 Å². The van der Waals surface area contributed by atoms with Crippen LogP contribution in [0, 0.1) is 22.7 Å². The fourth-order valence-electron chi connectivity index (χ4n) is 4.90. The second-order valence-corrected chi connectivity index (χ2v) is 25.0. The number of allylic oxidation sites excluding steroid dienone is 2. The van der Waals surface area contributed by atoms with Gasteiger partial charge in [0.1, 0.15) is 5.76 Å². The van der Waals surface area contributed by atoms with Gasteiger partial charge in [0.2, 0.25) is 0 Å². The maximum absolute atomic E-state index is 13.5. The molecule has 0 aliphatic carbocycles. The van der Waals surface area contributed by atoms with Gasteiger partial charge in [-0.05, 0) is 0 Å². The molecule has 0 atom stereocenters. The molecule has 0 saturated carbocycles. The normalized spacial score (nSPS) is 12.6. The van der Waals surface area contributed by atoms with Crippen LogP contribution in [-0.2, 0) is 31.3 Å². The van der Waals surface area contributed by atoms with E-state index in [1.165, 1.54) is 44.1 Å². The van der Waals surface area contributed by atoms with Crippen LogP contribution in [0.4, 0.5) is 4.39 Å². The predicted octanol–water partition coefficient (Wildman–Crippen LogP) is 9.74. The minimum absolute atomic E-state index is 0. The van der Waals surface area contributed by atoms with E-state index in [0.29, 0.717) is 0 Å². The molecule has 7 heteroatoms. The molecule has 0 unspecified atom stereocenters. The van der Waals surface area contributed by atoms with E-state index >= 15 is 0 Å². The molecule has 0 spiro atoms. The van der Waals surface area contributed by atoms with Crippen LogP contribution in [0.5, 0.6) is 0 Å². The number of aromatic nitrogens is 2. The maximum Gasteiger partial charge on any atom is 0 e. The standard InChI is InChI=1S/C27H24FGeN2.C11H20O2.Ir/c1-5-24-30-26(17-10-12-19(28)13-11-17)22-15-14-21-20-9-7-6-8-18(20)16-23(29(2,3)4)25(21)27(22)31-24;1-10(2,3)8(12)7-9(13)11(4,5)6;/h6-10,12-16H,5H2,1-4H3;7,12H,1-6H3;/q-1;;/b;8-7-;. The van der Waals surface area contributed by atoms with Crippen molar-refractivity contribution in [2.45, 2.75) is 72.2 Å². The number of carbonyl (C=O) groups excluding carboxylic acids is 1. The summed E-state index contributed by atoms with van der Waals surface area (Å²) in [6, 6.07) is 23.0. The molecule has 0 amide bonds. The Hall–Kier alpha value is -2.93. The fourth-order valence-corrected chi connectivity index (χ4v) is 8.24. The molecule has 1 aromatic heterocycles. The van der Waals surface area contributed by atoms with Crippen molar-refractivity contribution < 1.29 is 34.4 Å². The number of aryl methyl sites for hydroxylation is 1. The Labute approximate surface area is 283 Å². The van der Waals surface area contributed by atoms with Crippen LogP contribution in [0.3, 0.4) is 0 Å². The Kier molecular flexibility index (Phi) is 11.2. The minimum atomic E-state index is -2.25. The number of aliphatic hydroxyl groups excluding tert-OH is 1. The van der Waals surface area contributed by atoms with Gasteiger partial charge in [-0.25, -0.2) is 0 Å². The van der Waals surface area contributed by atoms with Crippen LogP contribution in [0.15, 0.2) is 72.5 Å². The summed E-state index contributed by atoms with van der Waals surface area (Å²) in [5, 5.41) is 15.6. The van der Waals surface area contributed by atoms with Gasteiger partial charge in [-0.2, -0.15) is 0 Å². The van der Waals surface area contributed by atoms with Crippen LogP contribution < -0.4 is 4.40 Å². The third-order valence-electron chi connectivity index (χ3n) is 7.66. The summed E-state index contributed by atoms with van der Waals surface area (Å²) in [6.45, 7) is 13.2. The van der Waals surface area contributed by atoms with E-state index in [9.17, 15) is 14.3 Å². The van der Waals surface area contributed by atoms with Gasteiger partial charge in [-0.3, -0.25) is 4.79 Å². The zero-order valence-corrected chi connectivity index (χ0v) is 32.5. The SMILES string of the molecule is CC(C)(C)C(=O)/C=C(\O)C(C)(C)C.CCc1nc(-c2[c-]cc(F)cc2)c2ccc3c4ccccc4c[c]([Ge]([CH3])([CH3])[CH3])c3c2n1.[Ir]. The molecule has 1 N–H and O–H groups in total. The molecule has 5 aromatic rings. The molecule has 1 radical (unpaired) electrons. The number of nitrogens with zero attached hydrogens (tertiary/aromatic N) is 2. The van der Waals surface area contributed by atoms with Crippen molar-refractivity contribution in [3.05, 3.63) is 90.2 Å². The molecule has 45 heavy (non-hydrogen) atoms. The first-order valence-corrected chi connectivity index (χ1v) is 22.5. The van der Waals surface area contributed by atoms with E-state index in [1.54, 1.807) is 6.07 Å². The number of hydrogen-bond acceptors (Lipinski definition) is 4. The molecule has 0 aliphatic heterocycles. The Morgan fingerprint density at radius 2 is 1.56 bits per heavy atom. The third-order valence-corrected chi connectivity index (χ3v) is 11.9. The maximum atomic E-state index is 13.5. The predicted molar refractivity (Wildman–Crippen MR) is 186 cm³/mol. The molecule has 0 bridgehead atoms. The van der Waals surface area contributed by atoms with Gasteiger partial charge in [0.25, 0.3) is 0 Å². The molecule has 5 rings (SSSR count). The zero-order chi connectivity index (χ0) is 32.6. The van der Waals surface area contributed by atoms with Crippen LogP contribution in [0.25, 0.3) is 43.7 Å². The van der Waals surface area contributed by atoms with Crippen molar-refractivity contribution in [3.63, 3.8) is 0 Å². The second-order valence-electron chi connectivity index (χ2n) is 14.4. The Morgan fingerprint density at radius 3 is 2.11 bits per heavy atom. The van der Waals surface area contributed by atoms with Gasteiger partial charge in [-0.15, -0.1) is 0 Å². The van der Waals surface area contributed by atoms with Crippen LogP contribution in [-0.4, -0.2) is 34.1 Å². The number of rotatable bonds is 4. The molecule has 4 nitrogen and oxygen atoms in total. The average Bonchev–Trinajstić information content (AvgIpc) is 2.95. The Bertz CT molecular complexity index is 1880. The minimum Gasteiger partial charge on any atom is 0 e. The van der Waals surface area contributed by atoms with E-state index in [4.69, 9.17) is 9.97 Å². The fraction of sp³-hybridized carbons (Fsp3) is 0.342. The van der Waals surface area contributed by atoms with E-state index in [0.717, 1.165) is 34.4 Å². The molecular formula is C38H44FGeIrN2O2-. The first kappa shape index (κ1) is 36.5. The Morgan fingerprint density at radius 1 is 0.911 bits per heavy atom. The molecular weight excluding hydrogens is 800 g/mol. The van der Waals surface area contributed by atoms with Crippen molar-refractivity contribution in [1.29, 1.82) is 0 Å². The topological polar surface area (TPSA) is 63.1 Å². The van der Waals surface area contributed by atoms with Crippen molar-refractivity contribution in [2.75, 3.05) is 0 Å². The summed E-state index contributed by atoms with van der Waals surface area (Å²) in [7, 11) is 0. The monoisotopic (exact) mass is 846 g/mol. The van der Waals surface area contributed by atoms with E-state index in [1.807, 2.05) is 41.5 Å². The molecule has 0 saturated heterocycles. The summed E-state index contributed by atoms with van der Waals surface area (Å²) < 4.78 is 15.0. The number of carbonyl (C=O) groups is 1. The quantitative estimate of drug-likeness (QED) is 0.0644. The molecule has 0 aliphatic rings. The zero-order valence-electron chi connectivity index (χ0n) is 28.0. The summed E-state index contributed by atoms with van der Waals surface area (Å²) in [6.07, 6.45) is 2.07. The van der Waals surface area contributed by atoms with Gasteiger partial charge < -0.3 is 5.11 Å². The largest absolute Gasteiger partial charge is 0 e. The summed E-state index contributed by atoms with van der Waals surface area (Å²) in [5.74, 6) is 7.90. The summed E-state index contributed by atoms with van der Waals surface area (Å²) >= 11 is -2.25. The number of fused-ring (bicyclic) bond motifs is 5. The molecule has 4 aromatic carbocycles. The van der Waals surface area contributed by atoms with Crippen molar-refractivity contribution in [3.8, 4) is 11.3 Å². The summed E-state index contributed by atoms with van der Waals surface area (Å²) in [5.41, 5.74) is 1.85. The molecule has 239 valence electrons. The van der Waals surface area contributed by atoms with Crippen LogP contribution >= 0.6 is 0 Å². The smallest absolute Gasteiger partial charge is 0 e. The Balaban J connectivity index is 0.000000338. The van der Waals surface area contributed by atoms with Crippen molar-refractivity contribution in [2.24, 2.45) is 10.8 Å². The first-order valence-electron chi connectivity index (χ1n) is 15.2. The van der Waals surface area contributed by atoms with Gasteiger partial charge >= 0.3 is 185 Å². The van der Waals surface area contributed by atoms with Gasteiger partial charge in [0, 0.05) is 37.0 Å². The van der Waals surface area contributed by atoms with Crippen molar-refractivity contribution >= 4 is 55.9 Å². The number of aliphatic hydroxyl groups is 1. The van der Waals surface area contributed by atoms with E-state index in [-0.39, 0.29) is 42.9 Å². The molecule has 1 heterocycles. The average molecular weight is 845 g/mol. The first-order chi connectivity index (χ1) is 20.4. The molecule has 0 fully saturated rings. The van der Waals surface area contributed by atoms with Crippen LogP contribution in [0.2, 0.25) is 17.3 Å². The van der Waals surface area contributed by atoms with Crippen molar-refractivity contribution in [1.82, 2.24) is 9.97 Å². The second kappa shape index (κ2) is 13.8. The van der Waals surface area contributed by atoms with E-state index in [2.05, 4.69) is 72.7 Å². The number of ketones is 1. The third kappa shape index (κ3) is 8.27. The number of hydrogen-bond donors (Lipinski definition) is 1.